The average molecular weight is 384 g/mol. The minimum absolute atomic E-state index is 0.0402. The number of hydrogen-bond acceptors (Lipinski definition) is 3. The molecule has 1 aliphatic rings. The first-order chi connectivity index (χ1) is 13.4. The van der Waals surface area contributed by atoms with Crippen LogP contribution in [0.25, 0.3) is 6.08 Å². The molecule has 154 valence electrons. The van der Waals surface area contributed by atoms with Gasteiger partial charge in [0, 0.05) is 36.8 Å². The molecular weight excluding hydrogens is 346 g/mol. The number of unbranched alkanes of at least 4 members (excludes halogenated alkanes) is 2. The van der Waals surface area contributed by atoms with E-state index in [4.69, 9.17) is 4.74 Å². The van der Waals surface area contributed by atoms with Gasteiger partial charge in [0.05, 0.1) is 7.11 Å². The lowest BCUT2D eigenvalue weighted by Crippen LogP contribution is -2.25. The number of hydrogen-bond donors (Lipinski definition) is 0. The lowest BCUT2D eigenvalue weighted by atomic mass is 9.77. The topological polar surface area (TPSA) is 29.5 Å². The largest absolute Gasteiger partial charge is 0.496 e. The number of ketones is 1. The third-order valence-corrected chi connectivity index (χ3v) is 5.30. The van der Waals surface area contributed by atoms with Crippen molar-refractivity contribution in [3.05, 3.63) is 41.5 Å². The van der Waals surface area contributed by atoms with E-state index < -0.39 is 0 Å². The number of nitrogens with zero attached hydrogens (tertiary/aromatic N) is 1. The molecule has 2 rings (SSSR count). The molecule has 3 heteroatoms. The highest BCUT2D eigenvalue weighted by Crippen LogP contribution is 2.35. The lowest BCUT2D eigenvalue weighted by molar-refractivity contribution is -0.116. The zero-order valence-corrected chi connectivity index (χ0v) is 18.4. The zero-order valence-electron chi connectivity index (χ0n) is 18.4. The third-order valence-electron chi connectivity index (χ3n) is 5.30. The summed E-state index contributed by atoms with van der Waals surface area (Å²) in [6, 6.07) is 6.47. The molecule has 1 aromatic rings. The fraction of sp³-hybridized carbons (Fsp3) is 0.560. The van der Waals surface area contributed by atoms with E-state index in [1.54, 1.807) is 13.2 Å². The molecule has 0 N–H and O–H groups in total. The Morgan fingerprint density at radius 1 is 1.07 bits per heavy atom. The number of allylic oxidation sites excluding steroid dienone is 3. The van der Waals surface area contributed by atoms with Crippen LogP contribution in [0.15, 0.2) is 35.9 Å². The van der Waals surface area contributed by atoms with Crippen molar-refractivity contribution in [1.29, 1.82) is 0 Å². The van der Waals surface area contributed by atoms with Crippen molar-refractivity contribution in [2.75, 3.05) is 25.1 Å². The summed E-state index contributed by atoms with van der Waals surface area (Å²) in [6.45, 7) is 10.9. The molecule has 0 bridgehead atoms. The molecule has 3 nitrogen and oxygen atoms in total. The van der Waals surface area contributed by atoms with E-state index in [-0.39, 0.29) is 11.2 Å². The molecule has 1 aromatic carbocycles. The molecule has 1 aliphatic carbocycles. The molecule has 0 aliphatic heterocycles. The first kappa shape index (κ1) is 22.3. The Labute approximate surface area is 171 Å². The van der Waals surface area contributed by atoms with Gasteiger partial charge in [0.25, 0.3) is 0 Å². The van der Waals surface area contributed by atoms with E-state index >= 15 is 0 Å². The molecule has 0 heterocycles. The van der Waals surface area contributed by atoms with Crippen LogP contribution in [0.3, 0.4) is 0 Å². The minimum atomic E-state index is 0.0402. The molecular formula is C25H37NO2. The maximum atomic E-state index is 12.0. The number of ether oxygens (including phenoxy) is 1. The minimum Gasteiger partial charge on any atom is -0.496 e. The van der Waals surface area contributed by atoms with Gasteiger partial charge in [-0.3, -0.25) is 4.79 Å². The van der Waals surface area contributed by atoms with Crippen LogP contribution in [-0.4, -0.2) is 26.0 Å². The molecule has 0 unspecified atom stereocenters. The van der Waals surface area contributed by atoms with Gasteiger partial charge in [-0.05, 0) is 48.5 Å². The summed E-state index contributed by atoms with van der Waals surface area (Å²) in [5.41, 5.74) is 3.41. The first-order valence-corrected chi connectivity index (χ1v) is 10.7. The highest BCUT2D eigenvalue weighted by molar-refractivity contribution is 5.92. The summed E-state index contributed by atoms with van der Waals surface area (Å²) < 4.78 is 5.68. The van der Waals surface area contributed by atoms with Gasteiger partial charge < -0.3 is 9.64 Å². The normalized spacial score (nSPS) is 16.3. The molecule has 0 aromatic heterocycles. The number of carbonyl (C=O) groups is 1. The Bertz CT molecular complexity index is 707. The average Bonchev–Trinajstić information content (AvgIpc) is 2.65. The maximum Gasteiger partial charge on any atom is 0.156 e. The Morgan fingerprint density at radius 2 is 1.75 bits per heavy atom. The Balaban J connectivity index is 2.21. The first-order valence-electron chi connectivity index (χ1n) is 10.7. The van der Waals surface area contributed by atoms with Crippen LogP contribution in [0, 0.1) is 5.41 Å². The van der Waals surface area contributed by atoms with E-state index in [1.807, 2.05) is 0 Å². The lowest BCUT2D eigenvalue weighted by Gasteiger charge is -2.27. The van der Waals surface area contributed by atoms with Crippen molar-refractivity contribution in [2.45, 2.75) is 66.2 Å². The van der Waals surface area contributed by atoms with Gasteiger partial charge in [0.2, 0.25) is 0 Å². The van der Waals surface area contributed by atoms with E-state index in [0.29, 0.717) is 6.42 Å². The molecule has 0 amide bonds. The molecule has 0 radical (unpaired) electrons. The Morgan fingerprint density at radius 3 is 2.32 bits per heavy atom. The fourth-order valence-corrected chi connectivity index (χ4v) is 3.80. The van der Waals surface area contributed by atoms with Crippen molar-refractivity contribution in [2.24, 2.45) is 5.41 Å². The number of carbonyl (C=O) groups excluding carboxylic acids is 1. The second kappa shape index (κ2) is 10.5. The highest BCUT2D eigenvalue weighted by Gasteiger charge is 2.26. The van der Waals surface area contributed by atoms with Gasteiger partial charge >= 0.3 is 0 Å². The van der Waals surface area contributed by atoms with Crippen molar-refractivity contribution >= 4 is 17.5 Å². The summed E-state index contributed by atoms with van der Waals surface area (Å²) in [7, 11) is 1.73. The maximum absolute atomic E-state index is 12.0. The van der Waals surface area contributed by atoms with Crippen LogP contribution in [0.4, 0.5) is 5.69 Å². The SMILES string of the molecule is CCCCN(CCCC)c1ccc(/C=C/C2=CC(=O)CC(C)(C)C2)c(OC)c1. The van der Waals surface area contributed by atoms with E-state index in [2.05, 4.69) is 62.9 Å². The van der Waals surface area contributed by atoms with Gasteiger partial charge in [-0.1, -0.05) is 52.7 Å². The van der Waals surface area contributed by atoms with Gasteiger partial charge in [-0.25, -0.2) is 0 Å². The number of rotatable bonds is 10. The van der Waals surface area contributed by atoms with Gasteiger partial charge in [0.15, 0.2) is 5.78 Å². The van der Waals surface area contributed by atoms with Crippen molar-refractivity contribution in [3.8, 4) is 5.75 Å². The smallest absolute Gasteiger partial charge is 0.156 e. The second-order valence-electron chi connectivity index (χ2n) is 8.66. The second-order valence-corrected chi connectivity index (χ2v) is 8.66. The molecule has 0 saturated heterocycles. The van der Waals surface area contributed by atoms with Crippen LogP contribution in [0.1, 0.15) is 71.8 Å². The summed E-state index contributed by atoms with van der Waals surface area (Å²) >= 11 is 0. The monoisotopic (exact) mass is 383 g/mol. The van der Waals surface area contributed by atoms with Crippen LogP contribution < -0.4 is 9.64 Å². The fourth-order valence-electron chi connectivity index (χ4n) is 3.80. The summed E-state index contributed by atoms with van der Waals surface area (Å²) in [4.78, 5) is 14.4. The Hall–Kier alpha value is -2.03. The molecule has 0 spiro atoms. The highest BCUT2D eigenvalue weighted by atomic mass is 16.5. The van der Waals surface area contributed by atoms with E-state index in [1.165, 1.54) is 31.4 Å². The summed E-state index contributed by atoms with van der Waals surface area (Å²) in [5, 5.41) is 0. The van der Waals surface area contributed by atoms with Gasteiger partial charge in [-0.2, -0.15) is 0 Å². The van der Waals surface area contributed by atoms with Crippen LogP contribution in [-0.2, 0) is 4.79 Å². The van der Waals surface area contributed by atoms with Crippen LogP contribution >= 0.6 is 0 Å². The number of benzene rings is 1. The van der Waals surface area contributed by atoms with Crippen molar-refractivity contribution in [3.63, 3.8) is 0 Å². The standard InChI is InChI=1S/C25H37NO2/c1-6-8-14-26(15-9-7-2)22-13-12-21(24(17-22)28-5)11-10-20-16-23(27)19-25(3,4)18-20/h10-13,16-17H,6-9,14-15,18-19H2,1-5H3/b11-10+. The van der Waals surface area contributed by atoms with Crippen LogP contribution in [0.2, 0.25) is 0 Å². The molecule has 0 atom stereocenters. The van der Waals surface area contributed by atoms with Crippen LogP contribution in [0.5, 0.6) is 5.75 Å². The van der Waals surface area contributed by atoms with Crippen molar-refractivity contribution in [1.82, 2.24) is 0 Å². The summed E-state index contributed by atoms with van der Waals surface area (Å²) in [5.74, 6) is 1.11. The van der Waals surface area contributed by atoms with Gasteiger partial charge in [-0.15, -0.1) is 0 Å². The number of methoxy groups -OCH3 is 1. The Kier molecular flexibility index (Phi) is 8.35. The van der Waals surface area contributed by atoms with E-state index in [9.17, 15) is 4.79 Å². The molecule has 28 heavy (non-hydrogen) atoms. The number of anilines is 1. The summed E-state index contributed by atoms with van der Waals surface area (Å²) in [6.07, 6.45) is 12.3. The zero-order chi connectivity index (χ0) is 20.6. The molecule has 0 saturated carbocycles. The quantitative estimate of drug-likeness (QED) is 0.466. The van der Waals surface area contributed by atoms with Gasteiger partial charge in [0.1, 0.15) is 5.75 Å². The third kappa shape index (κ3) is 6.54. The predicted molar refractivity (Wildman–Crippen MR) is 120 cm³/mol. The van der Waals surface area contributed by atoms with E-state index in [0.717, 1.165) is 36.4 Å². The predicted octanol–water partition coefficient (Wildman–Crippen LogP) is 6.43. The molecule has 0 fully saturated rings. The van der Waals surface area contributed by atoms with Crippen molar-refractivity contribution < 1.29 is 9.53 Å².